The Bertz CT molecular complexity index is 491. The minimum atomic E-state index is -0.0503. The van der Waals surface area contributed by atoms with Crippen molar-refractivity contribution in [2.24, 2.45) is 0 Å². The van der Waals surface area contributed by atoms with Crippen LogP contribution >= 0.6 is 11.8 Å². The SMILES string of the molecule is CSCCCCCNC(=O)c1cccc(C#CCCO)c1. The summed E-state index contributed by atoms with van der Waals surface area (Å²) in [5.74, 6) is 6.93. The van der Waals surface area contributed by atoms with E-state index in [1.807, 2.05) is 23.9 Å². The van der Waals surface area contributed by atoms with Crippen molar-refractivity contribution < 1.29 is 9.90 Å². The molecule has 4 heteroatoms. The Morgan fingerprint density at radius 2 is 2.19 bits per heavy atom. The van der Waals surface area contributed by atoms with Crippen LogP contribution in [0, 0.1) is 11.8 Å². The third-order valence-electron chi connectivity index (χ3n) is 2.91. The Balaban J connectivity index is 2.40. The van der Waals surface area contributed by atoms with Crippen LogP contribution in [-0.2, 0) is 0 Å². The Hall–Kier alpha value is -1.44. The maximum Gasteiger partial charge on any atom is 0.251 e. The maximum atomic E-state index is 12.0. The van der Waals surface area contributed by atoms with E-state index in [0.717, 1.165) is 18.4 Å². The fourth-order valence-electron chi connectivity index (χ4n) is 1.81. The van der Waals surface area contributed by atoms with Gasteiger partial charge in [-0.05, 0) is 43.0 Å². The van der Waals surface area contributed by atoms with Crippen LogP contribution in [-0.4, -0.2) is 36.2 Å². The maximum absolute atomic E-state index is 12.0. The van der Waals surface area contributed by atoms with Gasteiger partial charge in [-0.25, -0.2) is 0 Å². The summed E-state index contributed by atoms with van der Waals surface area (Å²) in [5.41, 5.74) is 1.44. The molecule has 1 aromatic carbocycles. The molecule has 114 valence electrons. The van der Waals surface area contributed by atoms with Crippen molar-refractivity contribution in [1.82, 2.24) is 5.32 Å². The van der Waals surface area contributed by atoms with E-state index in [1.165, 1.54) is 12.2 Å². The lowest BCUT2D eigenvalue weighted by Gasteiger charge is -2.05. The highest BCUT2D eigenvalue weighted by Gasteiger charge is 2.04. The summed E-state index contributed by atoms with van der Waals surface area (Å²) < 4.78 is 0. The van der Waals surface area contributed by atoms with Crippen molar-refractivity contribution in [2.75, 3.05) is 25.2 Å². The first-order chi connectivity index (χ1) is 10.3. The highest BCUT2D eigenvalue weighted by molar-refractivity contribution is 7.98. The average Bonchev–Trinajstić information content (AvgIpc) is 2.51. The van der Waals surface area contributed by atoms with Gasteiger partial charge in [-0.1, -0.05) is 24.3 Å². The van der Waals surface area contributed by atoms with Gasteiger partial charge in [0, 0.05) is 24.1 Å². The molecule has 0 aliphatic heterocycles. The fraction of sp³-hybridized carbons (Fsp3) is 0.471. The van der Waals surface area contributed by atoms with E-state index in [1.54, 1.807) is 12.1 Å². The van der Waals surface area contributed by atoms with Gasteiger partial charge >= 0.3 is 0 Å². The first-order valence-electron chi connectivity index (χ1n) is 7.25. The first-order valence-corrected chi connectivity index (χ1v) is 8.64. The number of rotatable bonds is 8. The number of hydrogen-bond acceptors (Lipinski definition) is 3. The van der Waals surface area contributed by atoms with E-state index in [0.29, 0.717) is 18.5 Å². The van der Waals surface area contributed by atoms with Crippen molar-refractivity contribution in [3.63, 3.8) is 0 Å². The third-order valence-corrected chi connectivity index (χ3v) is 3.60. The number of thioether (sulfide) groups is 1. The number of aliphatic hydroxyl groups excluding tert-OH is 1. The van der Waals surface area contributed by atoms with Crippen molar-refractivity contribution in [3.05, 3.63) is 35.4 Å². The van der Waals surface area contributed by atoms with Gasteiger partial charge in [-0.15, -0.1) is 0 Å². The molecule has 0 unspecified atom stereocenters. The van der Waals surface area contributed by atoms with Gasteiger partial charge in [-0.2, -0.15) is 11.8 Å². The lowest BCUT2D eigenvalue weighted by molar-refractivity contribution is 0.0953. The zero-order valence-electron chi connectivity index (χ0n) is 12.5. The Morgan fingerprint density at radius 3 is 2.95 bits per heavy atom. The Morgan fingerprint density at radius 1 is 1.33 bits per heavy atom. The summed E-state index contributed by atoms with van der Waals surface area (Å²) in [6.07, 6.45) is 5.92. The molecule has 0 aromatic heterocycles. The molecule has 2 N–H and O–H groups in total. The number of aliphatic hydroxyl groups is 1. The predicted molar refractivity (Wildman–Crippen MR) is 89.6 cm³/mol. The Labute approximate surface area is 131 Å². The molecule has 0 bridgehead atoms. The van der Waals surface area contributed by atoms with Crippen LogP contribution in [0.5, 0.6) is 0 Å². The van der Waals surface area contributed by atoms with Crippen molar-refractivity contribution in [2.45, 2.75) is 25.7 Å². The summed E-state index contributed by atoms with van der Waals surface area (Å²) in [6, 6.07) is 7.27. The van der Waals surface area contributed by atoms with Gasteiger partial charge in [0.15, 0.2) is 0 Å². The highest BCUT2D eigenvalue weighted by atomic mass is 32.2. The number of hydrogen-bond donors (Lipinski definition) is 2. The molecule has 0 fully saturated rings. The largest absolute Gasteiger partial charge is 0.395 e. The lowest BCUT2D eigenvalue weighted by atomic mass is 10.1. The standard InChI is InChI=1S/C17H23NO2S/c1-21-13-6-2-4-11-18-17(20)16-10-7-9-15(14-16)8-3-5-12-19/h7,9-10,14,19H,2,4-6,11-13H2,1H3,(H,18,20). The molecule has 1 amide bonds. The summed E-state index contributed by atoms with van der Waals surface area (Å²) in [4.78, 5) is 12.0. The molecule has 0 aliphatic rings. The molecule has 0 heterocycles. The van der Waals surface area contributed by atoms with Crippen LogP contribution in [0.25, 0.3) is 0 Å². The summed E-state index contributed by atoms with van der Waals surface area (Å²) in [6.45, 7) is 0.775. The monoisotopic (exact) mass is 305 g/mol. The van der Waals surface area contributed by atoms with Crippen LogP contribution < -0.4 is 5.32 Å². The second-order valence-corrected chi connectivity index (χ2v) is 5.65. The smallest absolute Gasteiger partial charge is 0.251 e. The van der Waals surface area contributed by atoms with Crippen LogP contribution in [0.2, 0.25) is 0 Å². The fourth-order valence-corrected chi connectivity index (χ4v) is 2.30. The minimum Gasteiger partial charge on any atom is -0.395 e. The van der Waals surface area contributed by atoms with Gasteiger partial charge in [-0.3, -0.25) is 4.79 Å². The quantitative estimate of drug-likeness (QED) is 0.573. The molecule has 0 atom stereocenters. The van der Waals surface area contributed by atoms with E-state index >= 15 is 0 Å². The van der Waals surface area contributed by atoms with Crippen molar-refractivity contribution >= 4 is 17.7 Å². The highest BCUT2D eigenvalue weighted by Crippen LogP contribution is 2.05. The second kappa shape index (κ2) is 11.2. The molecule has 1 aromatic rings. The van der Waals surface area contributed by atoms with E-state index in [9.17, 15) is 4.79 Å². The van der Waals surface area contributed by atoms with E-state index in [-0.39, 0.29) is 12.5 Å². The van der Waals surface area contributed by atoms with E-state index < -0.39 is 0 Å². The summed E-state index contributed by atoms with van der Waals surface area (Å²) >= 11 is 1.86. The molecule has 0 saturated carbocycles. The number of carbonyl (C=O) groups excluding carboxylic acids is 1. The average molecular weight is 305 g/mol. The number of unbranched alkanes of at least 4 members (excludes halogenated alkanes) is 2. The normalized spacial score (nSPS) is 9.81. The van der Waals surface area contributed by atoms with E-state index in [4.69, 9.17) is 5.11 Å². The van der Waals surface area contributed by atoms with Crippen LogP contribution in [0.15, 0.2) is 24.3 Å². The lowest BCUT2D eigenvalue weighted by Crippen LogP contribution is -2.24. The number of nitrogens with one attached hydrogen (secondary N) is 1. The van der Waals surface area contributed by atoms with Gasteiger partial charge in [0.1, 0.15) is 0 Å². The Kier molecular flexibility index (Phi) is 9.43. The van der Waals surface area contributed by atoms with Crippen LogP contribution in [0.4, 0.5) is 0 Å². The van der Waals surface area contributed by atoms with Gasteiger partial charge in [0.25, 0.3) is 5.91 Å². The third kappa shape index (κ3) is 7.79. The molecular weight excluding hydrogens is 282 g/mol. The number of amides is 1. The van der Waals surface area contributed by atoms with Gasteiger partial charge in [0.2, 0.25) is 0 Å². The van der Waals surface area contributed by atoms with Crippen LogP contribution in [0.3, 0.4) is 0 Å². The molecule has 0 aliphatic carbocycles. The molecule has 0 radical (unpaired) electrons. The topological polar surface area (TPSA) is 49.3 Å². The van der Waals surface area contributed by atoms with Crippen molar-refractivity contribution in [3.8, 4) is 11.8 Å². The molecule has 0 spiro atoms. The first kappa shape index (κ1) is 17.6. The predicted octanol–water partition coefficient (Wildman–Crippen LogP) is 2.68. The van der Waals surface area contributed by atoms with Gasteiger partial charge < -0.3 is 10.4 Å². The van der Waals surface area contributed by atoms with Crippen molar-refractivity contribution in [1.29, 1.82) is 0 Å². The van der Waals surface area contributed by atoms with Crippen LogP contribution in [0.1, 0.15) is 41.6 Å². The molecule has 0 saturated heterocycles. The number of benzene rings is 1. The summed E-state index contributed by atoms with van der Waals surface area (Å²) in [7, 11) is 0. The zero-order valence-corrected chi connectivity index (χ0v) is 13.3. The van der Waals surface area contributed by atoms with Gasteiger partial charge in [0.05, 0.1) is 6.61 Å². The summed E-state index contributed by atoms with van der Waals surface area (Å²) in [5, 5.41) is 11.6. The van der Waals surface area contributed by atoms with E-state index in [2.05, 4.69) is 23.4 Å². The number of carbonyl (C=O) groups is 1. The molecule has 1 rings (SSSR count). The minimum absolute atomic E-state index is 0.0503. The zero-order chi connectivity index (χ0) is 15.3. The molecule has 21 heavy (non-hydrogen) atoms. The molecule has 3 nitrogen and oxygen atoms in total. The second-order valence-electron chi connectivity index (χ2n) is 4.67. The molecular formula is C17H23NO2S.